The lowest BCUT2D eigenvalue weighted by Crippen LogP contribution is -2.95. The fraction of sp³-hybridized carbons (Fsp3) is 0.429. The van der Waals surface area contributed by atoms with Gasteiger partial charge in [-0.25, -0.2) is 0 Å². The fourth-order valence-corrected chi connectivity index (χ4v) is 4.22. The molecular formula is C21H28NO2+. The van der Waals surface area contributed by atoms with Gasteiger partial charge in [0.2, 0.25) is 0 Å². The van der Waals surface area contributed by atoms with Gasteiger partial charge in [-0.15, -0.1) is 0 Å². The molecule has 2 aromatic carbocycles. The normalized spacial score (nSPS) is 22.5. The zero-order chi connectivity index (χ0) is 17.0. The Kier molecular flexibility index (Phi) is 5.34. The number of nitrogens with two attached hydrogens (primary N) is 1. The van der Waals surface area contributed by atoms with Crippen LogP contribution in [0.5, 0.6) is 0 Å². The van der Waals surface area contributed by atoms with E-state index >= 15 is 0 Å². The third-order valence-electron chi connectivity index (χ3n) is 5.40. The van der Waals surface area contributed by atoms with Crippen LogP contribution in [0, 0.1) is 0 Å². The lowest BCUT2D eigenvalue weighted by Gasteiger charge is -2.30. The van der Waals surface area contributed by atoms with Gasteiger partial charge in [0.25, 0.3) is 0 Å². The Labute approximate surface area is 144 Å². The minimum atomic E-state index is -0.191. The van der Waals surface area contributed by atoms with Gasteiger partial charge >= 0.3 is 0 Å². The Bertz CT molecular complexity index is 685. The van der Waals surface area contributed by atoms with Crippen molar-refractivity contribution in [1.29, 1.82) is 0 Å². The van der Waals surface area contributed by atoms with Crippen LogP contribution in [0.2, 0.25) is 0 Å². The predicted molar refractivity (Wildman–Crippen MR) is 96.0 cm³/mol. The summed E-state index contributed by atoms with van der Waals surface area (Å²) in [5.41, 5.74) is 5.26. The van der Waals surface area contributed by atoms with Gasteiger partial charge in [0, 0.05) is 17.7 Å². The smallest absolute Gasteiger partial charge is 0.145 e. The second-order valence-electron chi connectivity index (χ2n) is 6.93. The van der Waals surface area contributed by atoms with E-state index < -0.39 is 0 Å². The zero-order valence-electron chi connectivity index (χ0n) is 14.4. The van der Waals surface area contributed by atoms with Gasteiger partial charge < -0.3 is 15.5 Å². The van der Waals surface area contributed by atoms with E-state index in [1.807, 2.05) is 0 Å². The Morgan fingerprint density at radius 2 is 1.71 bits per heavy atom. The lowest BCUT2D eigenvalue weighted by molar-refractivity contribution is -0.723. The van der Waals surface area contributed by atoms with Crippen molar-refractivity contribution in [1.82, 2.24) is 0 Å². The van der Waals surface area contributed by atoms with Gasteiger partial charge in [0.05, 0.1) is 13.2 Å². The van der Waals surface area contributed by atoms with E-state index in [4.69, 9.17) is 0 Å². The predicted octanol–water partition coefficient (Wildman–Crippen LogP) is 1.92. The summed E-state index contributed by atoms with van der Waals surface area (Å²) in [6.07, 6.45) is 2.84. The van der Waals surface area contributed by atoms with Crippen LogP contribution in [0.15, 0.2) is 48.5 Å². The summed E-state index contributed by atoms with van der Waals surface area (Å²) in [5.74, 6) is 0.429. The average Bonchev–Trinajstić information content (AvgIpc) is 2.73. The highest BCUT2D eigenvalue weighted by molar-refractivity contribution is 5.48. The molecule has 2 unspecified atom stereocenters. The summed E-state index contributed by atoms with van der Waals surface area (Å²) >= 11 is 0. The summed E-state index contributed by atoms with van der Waals surface area (Å²) in [4.78, 5) is 0. The van der Waals surface area contributed by atoms with Crippen molar-refractivity contribution in [3.05, 3.63) is 70.8 Å². The first-order valence-corrected chi connectivity index (χ1v) is 8.94. The quantitative estimate of drug-likeness (QED) is 0.760. The first kappa shape index (κ1) is 17.2. The highest BCUT2D eigenvalue weighted by Gasteiger charge is 2.40. The number of aliphatic hydroxyl groups is 2. The summed E-state index contributed by atoms with van der Waals surface area (Å²) < 4.78 is 0. The molecule has 0 amide bonds. The molecule has 0 spiro atoms. The topological polar surface area (TPSA) is 57.1 Å². The molecule has 0 aliphatic heterocycles. The Hall–Kier alpha value is -1.68. The van der Waals surface area contributed by atoms with Crippen molar-refractivity contribution in [3.63, 3.8) is 0 Å². The number of quaternary nitrogens is 1. The Morgan fingerprint density at radius 1 is 1.00 bits per heavy atom. The van der Waals surface area contributed by atoms with Crippen LogP contribution in [-0.2, 0) is 12.0 Å². The largest absolute Gasteiger partial charge is 0.396 e. The zero-order valence-corrected chi connectivity index (χ0v) is 14.4. The van der Waals surface area contributed by atoms with Crippen LogP contribution in [0.1, 0.15) is 47.9 Å². The van der Waals surface area contributed by atoms with Gasteiger partial charge in [-0.1, -0.05) is 48.5 Å². The molecule has 128 valence electrons. The molecule has 0 fully saturated rings. The molecule has 0 saturated carbocycles. The maximum Gasteiger partial charge on any atom is 0.145 e. The van der Waals surface area contributed by atoms with Crippen molar-refractivity contribution in [2.75, 3.05) is 19.8 Å². The standard InChI is InChI=1S/C21H27NO2/c1-21(22-12-14-24)19-10-4-2-7-17(19)15-16(8-6-13-23)18-9-3-5-11-20(18)21/h2-5,7,9-11,16,22-24H,6,8,12-15H2,1H3/p+1. The van der Waals surface area contributed by atoms with Crippen molar-refractivity contribution >= 4 is 0 Å². The molecule has 24 heavy (non-hydrogen) atoms. The van der Waals surface area contributed by atoms with Crippen LogP contribution in [0.4, 0.5) is 0 Å². The summed E-state index contributed by atoms with van der Waals surface area (Å²) in [6, 6.07) is 17.4. The Balaban J connectivity index is 2.15. The van der Waals surface area contributed by atoms with Crippen LogP contribution in [0.3, 0.4) is 0 Å². The van der Waals surface area contributed by atoms with E-state index in [2.05, 4.69) is 60.8 Å². The molecule has 3 heteroatoms. The highest BCUT2D eigenvalue weighted by Crippen LogP contribution is 2.40. The number of hydrogen-bond donors (Lipinski definition) is 3. The highest BCUT2D eigenvalue weighted by atomic mass is 16.3. The van der Waals surface area contributed by atoms with Gasteiger partial charge in [0.15, 0.2) is 0 Å². The molecule has 4 N–H and O–H groups in total. The van der Waals surface area contributed by atoms with Crippen molar-refractivity contribution < 1.29 is 15.5 Å². The van der Waals surface area contributed by atoms with Crippen LogP contribution >= 0.6 is 0 Å². The van der Waals surface area contributed by atoms with E-state index in [1.165, 1.54) is 22.3 Å². The molecular weight excluding hydrogens is 298 g/mol. The van der Waals surface area contributed by atoms with Gasteiger partial charge in [-0.3, -0.25) is 0 Å². The second-order valence-corrected chi connectivity index (χ2v) is 6.93. The molecule has 0 saturated heterocycles. The first-order chi connectivity index (χ1) is 11.7. The third-order valence-corrected chi connectivity index (χ3v) is 5.40. The lowest BCUT2D eigenvalue weighted by atomic mass is 9.81. The van der Waals surface area contributed by atoms with Crippen molar-refractivity contribution in [2.24, 2.45) is 0 Å². The van der Waals surface area contributed by atoms with Gasteiger partial charge in [-0.2, -0.15) is 0 Å². The maximum absolute atomic E-state index is 9.39. The SMILES string of the molecule is CC1([NH2+]CCO)c2ccccc2CC(CCCO)c2ccccc21. The molecule has 1 aliphatic rings. The molecule has 1 aliphatic carbocycles. The molecule has 3 rings (SSSR count). The van der Waals surface area contributed by atoms with Crippen LogP contribution in [-0.4, -0.2) is 30.0 Å². The van der Waals surface area contributed by atoms with E-state index in [9.17, 15) is 10.2 Å². The summed E-state index contributed by atoms with van der Waals surface area (Å²) in [5, 5.41) is 20.9. The molecule has 3 nitrogen and oxygen atoms in total. The van der Waals surface area contributed by atoms with E-state index in [-0.39, 0.29) is 18.8 Å². The van der Waals surface area contributed by atoms with E-state index in [0.717, 1.165) is 19.3 Å². The maximum atomic E-state index is 9.39. The summed E-state index contributed by atoms with van der Waals surface area (Å²) in [7, 11) is 0. The van der Waals surface area contributed by atoms with Crippen LogP contribution in [0.25, 0.3) is 0 Å². The monoisotopic (exact) mass is 326 g/mol. The molecule has 2 atom stereocenters. The third kappa shape index (κ3) is 3.12. The fourth-order valence-electron chi connectivity index (χ4n) is 4.22. The average molecular weight is 326 g/mol. The first-order valence-electron chi connectivity index (χ1n) is 8.94. The number of benzene rings is 2. The number of hydrogen-bond acceptors (Lipinski definition) is 2. The number of rotatable bonds is 6. The second kappa shape index (κ2) is 7.47. The van der Waals surface area contributed by atoms with Crippen molar-refractivity contribution in [3.8, 4) is 0 Å². The number of aliphatic hydroxyl groups excluding tert-OH is 2. The summed E-state index contributed by atoms with van der Waals surface area (Å²) in [6.45, 7) is 3.37. The van der Waals surface area contributed by atoms with Crippen molar-refractivity contribution in [2.45, 2.75) is 37.6 Å². The molecule has 0 radical (unpaired) electrons. The van der Waals surface area contributed by atoms with E-state index in [1.54, 1.807) is 0 Å². The van der Waals surface area contributed by atoms with Gasteiger partial charge in [0.1, 0.15) is 5.54 Å². The van der Waals surface area contributed by atoms with Crippen LogP contribution < -0.4 is 5.32 Å². The minimum absolute atomic E-state index is 0.174. The molecule has 0 bridgehead atoms. The molecule has 0 aromatic heterocycles. The molecule has 0 heterocycles. The van der Waals surface area contributed by atoms with Gasteiger partial charge in [-0.05, 0) is 43.2 Å². The Morgan fingerprint density at radius 3 is 2.46 bits per heavy atom. The molecule has 2 aromatic rings. The minimum Gasteiger partial charge on any atom is -0.396 e. The number of fused-ring (bicyclic) bond motifs is 2. The van der Waals surface area contributed by atoms with E-state index in [0.29, 0.717) is 12.5 Å².